The molecule has 2 fully saturated rings. The maximum atomic E-state index is 11.4. The summed E-state index contributed by atoms with van der Waals surface area (Å²) in [4.78, 5) is 25.9. The fourth-order valence-corrected chi connectivity index (χ4v) is 2.00. The van der Waals surface area contributed by atoms with Crippen molar-refractivity contribution in [2.45, 2.75) is 53.5 Å². The zero-order chi connectivity index (χ0) is 15.6. The van der Waals surface area contributed by atoms with Crippen LogP contribution in [0.5, 0.6) is 0 Å². The number of carbonyl (C=O) groups excluding carboxylic acids is 2. The minimum Gasteiger partial charge on any atom is -0.448 e. The van der Waals surface area contributed by atoms with E-state index in [4.69, 9.17) is 4.74 Å². The van der Waals surface area contributed by atoms with Crippen LogP contribution in [-0.4, -0.2) is 53.6 Å². The number of amides is 2. The Kier molecular flexibility index (Phi) is 5.05. The first-order valence-electron chi connectivity index (χ1n) is 7.27. The van der Waals surface area contributed by atoms with Crippen LogP contribution in [0.3, 0.4) is 0 Å². The molecule has 20 heavy (non-hydrogen) atoms. The molecule has 0 aromatic carbocycles. The van der Waals surface area contributed by atoms with Crippen LogP contribution in [0.15, 0.2) is 0 Å². The van der Waals surface area contributed by atoms with Gasteiger partial charge in [0.25, 0.3) is 0 Å². The third kappa shape index (κ3) is 4.39. The van der Waals surface area contributed by atoms with E-state index in [9.17, 15) is 9.59 Å². The Bertz CT molecular complexity index is 362. The number of ether oxygens (including phenoxy) is 1. The molecule has 0 aliphatic carbocycles. The summed E-state index contributed by atoms with van der Waals surface area (Å²) < 4.78 is 4.78. The van der Waals surface area contributed by atoms with Gasteiger partial charge in [0.1, 0.15) is 6.61 Å². The topological polar surface area (TPSA) is 49.9 Å². The Morgan fingerprint density at radius 2 is 1.60 bits per heavy atom. The van der Waals surface area contributed by atoms with E-state index in [0.717, 1.165) is 19.6 Å². The summed E-state index contributed by atoms with van der Waals surface area (Å²) in [5, 5.41) is 0. The molecule has 2 heterocycles. The summed E-state index contributed by atoms with van der Waals surface area (Å²) in [5.41, 5.74) is -0.270. The van der Waals surface area contributed by atoms with E-state index in [0.29, 0.717) is 12.5 Å². The second kappa shape index (κ2) is 6.02. The van der Waals surface area contributed by atoms with Gasteiger partial charge in [0.2, 0.25) is 5.91 Å². The van der Waals surface area contributed by atoms with Crippen LogP contribution in [0.25, 0.3) is 0 Å². The van der Waals surface area contributed by atoms with Crippen molar-refractivity contribution >= 4 is 12.0 Å². The molecule has 116 valence electrons. The predicted molar refractivity (Wildman–Crippen MR) is 78.5 cm³/mol. The van der Waals surface area contributed by atoms with E-state index in [-0.39, 0.29) is 17.0 Å². The normalized spacial score (nSPS) is 19.0. The van der Waals surface area contributed by atoms with Crippen molar-refractivity contribution in [2.75, 3.05) is 26.2 Å². The largest absolute Gasteiger partial charge is 0.448 e. The lowest BCUT2D eigenvalue weighted by Gasteiger charge is -2.35. The van der Waals surface area contributed by atoms with Gasteiger partial charge >= 0.3 is 6.09 Å². The fraction of sp³-hybridized carbons (Fsp3) is 0.867. The van der Waals surface area contributed by atoms with Crippen molar-refractivity contribution in [2.24, 2.45) is 5.41 Å². The van der Waals surface area contributed by atoms with Gasteiger partial charge in [-0.3, -0.25) is 9.69 Å². The summed E-state index contributed by atoms with van der Waals surface area (Å²) in [5.74, 6) is 0.291. The predicted octanol–water partition coefficient (Wildman–Crippen LogP) is 2.50. The van der Waals surface area contributed by atoms with Gasteiger partial charge in [0.05, 0.1) is 6.54 Å². The number of nitrogens with zero attached hydrogens (tertiary/aromatic N) is 2. The Balaban J connectivity index is 0.000000200. The van der Waals surface area contributed by atoms with Gasteiger partial charge in [-0.05, 0) is 27.2 Å². The third-order valence-corrected chi connectivity index (χ3v) is 3.36. The van der Waals surface area contributed by atoms with Crippen LogP contribution in [0.1, 0.15) is 48.0 Å². The van der Waals surface area contributed by atoms with Gasteiger partial charge in [-0.2, -0.15) is 0 Å². The van der Waals surface area contributed by atoms with Crippen molar-refractivity contribution in [3.8, 4) is 0 Å². The number of likely N-dealkylation sites (tertiary alicyclic amines) is 1. The van der Waals surface area contributed by atoms with Gasteiger partial charge in [-0.15, -0.1) is 0 Å². The highest BCUT2D eigenvalue weighted by atomic mass is 16.6. The molecule has 0 atom stereocenters. The molecule has 2 aliphatic heterocycles. The monoisotopic (exact) mass is 284 g/mol. The van der Waals surface area contributed by atoms with E-state index in [2.05, 4.69) is 0 Å². The van der Waals surface area contributed by atoms with E-state index in [1.165, 1.54) is 6.42 Å². The first kappa shape index (κ1) is 16.8. The zero-order valence-corrected chi connectivity index (χ0v) is 13.7. The smallest absolute Gasteiger partial charge is 0.410 e. The maximum Gasteiger partial charge on any atom is 0.410 e. The molecule has 5 nitrogen and oxygen atoms in total. The Morgan fingerprint density at radius 3 is 1.75 bits per heavy atom. The Morgan fingerprint density at radius 1 is 1.05 bits per heavy atom. The number of rotatable bonds is 0. The molecule has 2 aliphatic rings. The third-order valence-electron chi connectivity index (χ3n) is 3.36. The van der Waals surface area contributed by atoms with Crippen molar-refractivity contribution in [1.82, 2.24) is 9.80 Å². The van der Waals surface area contributed by atoms with Gasteiger partial charge in [-0.25, -0.2) is 4.79 Å². The van der Waals surface area contributed by atoms with E-state index < -0.39 is 0 Å². The highest BCUT2D eigenvalue weighted by Gasteiger charge is 2.31. The minimum atomic E-state index is -0.187. The lowest BCUT2D eigenvalue weighted by Crippen LogP contribution is -2.47. The van der Waals surface area contributed by atoms with Crippen LogP contribution in [0.4, 0.5) is 4.79 Å². The second-order valence-electron chi connectivity index (χ2n) is 7.33. The Labute approximate surface area is 122 Å². The van der Waals surface area contributed by atoms with Gasteiger partial charge < -0.3 is 9.64 Å². The Hall–Kier alpha value is -1.26. The molecule has 0 unspecified atom stereocenters. The summed E-state index contributed by atoms with van der Waals surface area (Å²) in [6.45, 7) is 15.1. The molecule has 0 spiro atoms. The average molecular weight is 284 g/mol. The van der Waals surface area contributed by atoms with Crippen LogP contribution >= 0.6 is 0 Å². The molecule has 2 amide bonds. The number of hydrogen-bond donors (Lipinski definition) is 0. The quantitative estimate of drug-likeness (QED) is 0.686. The van der Waals surface area contributed by atoms with E-state index in [1.807, 2.05) is 46.4 Å². The summed E-state index contributed by atoms with van der Waals surface area (Å²) in [7, 11) is 0. The van der Waals surface area contributed by atoms with Crippen LogP contribution in [-0.2, 0) is 9.53 Å². The van der Waals surface area contributed by atoms with Crippen molar-refractivity contribution in [3.63, 3.8) is 0 Å². The average Bonchev–Trinajstić information content (AvgIpc) is 2.60. The number of cyclic esters (lactones) is 1. The van der Waals surface area contributed by atoms with Gasteiger partial charge in [0.15, 0.2) is 0 Å². The molecular formula is C15H28N2O3. The standard InChI is InChI=1S/C8H15NO.C7H13NO2/c1-8(2,3)7(10)9-5-4-6-9;1-7(2,3)8-4-5-10-6(8)9/h4-6H2,1-3H3;4-5H2,1-3H3. The fourth-order valence-electron chi connectivity index (χ4n) is 2.00. The van der Waals surface area contributed by atoms with Crippen LogP contribution in [0, 0.1) is 5.41 Å². The number of carbonyl (C=O) groups is 2. The van der Waals surface area contributed by atoms with Crippen molar-refractivity contribution in [3.05, 3.63) is 0 Å². The molecular weight excluding hydrogens is 256 g/mol. The van der Waals surface area contributed by atoms with E-state index >= 15 is 0 Å². The number of hydrogen-bond acceptors (Lipinski definition) is 3. The molecule has 0 radical (unpaired) electrons. The first-order chi connectivity index (χ1) is 9.03. The molecule has 5 heteroatoms. The minimum absolute atomic E-state index is 0.0897. The van der Waals surface area contributed by atoms with Gasteiger partial charge in [0, 0.05) is 24.0 Å². The lowest BCUT2D eigenvalue weighted by molar-refractivity contribution is -0.143. The molecule has 0 N–H and O–H groups in total. The van der Waals surface area contributed by atoms with Gasteiger partial charge in [-0.1, -0.05) is 20.8 Å². The molecule has 0 aromatic rings. The molecule has 0 bridgehead atoms. The lowest BCUT2D eigenvalue weighted by atomic mass is 9.93. The van der Waals surface area contributed by atoms with Crippen molar-refractivity contribution < 1.29 is 14.3 Å². The SMILES string of the molecule is CC(C)(C)C(=O)N1CCC1.CC(C)(C)N1CCOC1=O. The zero-order valence-electron chi connectivity index (χ0n) is 13.7. The van der Waals surface area contributed by atoms with Crippen LogP contribution in [0.2, 0.25) is 0 Å². The highest BCUT2D eigenvalue weighted by Crippen LogP contribution is 2.20. The molecule has 2 saturated heterocycles. The summed E-state index contributed by atoms with van der Waals surface area (Å²) in [6.07, 6.45) is 0.995. The molecule has 2 rings (SSSR count). The highest BCUT2D eigenvalue weighted by molar-refractivity contribution is 5.82. The molecule has 0 saturated carbocycles. The molecule has 0 aromatic heterocycles. The van der Waals surface area contributed by atoms with Crippen LogP contribution < -0.4 is 0 Å². The first-order valence-corrected chi connectivity index (χ1v) is 7.27. The van der Waals surface area contributed by atoms with E-state index in [1.54, 1.807) is 4.90 Å². The summed E-state index contributed by atoms with van der Waals surface area (Å²) in [6, 6.07) is 0. The maximum absolute atomic E-state index is 11.4. The second-order valence-corrected chi connectivity index (χ2v) is 7.33. The summed E-state index contributed by atoms with van der Waals surface area (Å²) >= 11 is 0. The van der Waals surface area contributed by atoms with Crippen molar-refractivity contribution in [1.29, 1.82) is 0 Å².